The van der Waals surface area contributed by atoms with Crippen LogP contribution in [0.2, 0.25) is 0 Å². The number of carbonyl (C=O) groups excluding carboxylic acids is 1. The third-order valence-electron chi connectivity index (χ3n) is 3.04. The largest absolute Gasteiger partial charge is 0.359 e. The molecule has 1 atom stereocenters. The number of nitrogens with zero attached hydrogens (tertiary/aromatic N) is 1. The Balaban J connectivity index is 1.74. The van der Waals surface area contributed by atoms with Gasteiger partial charge < -0.3 is 15.6 Å². The maximum Gasteiger partial charge on any atom is 0.237 e. The number of rotatable bonds is 6. The summed E-state index contributed by atoms with van der Waals surface area (Å²) in [5.41, 5.74) is 7.85. The minimum Gasteiger partial charge on any atom is -0.359 e. The Kier molecular flexibility index (Phi) is 4.90. The Labute approximate surface area is 118 Å². The predicted octanol–water partition coefficient (Wildman–Crippen LogP) is 1.56. The SMILES string of the molecule is Cc1cc(CNC(=O)C(N)CCc2ccccc2)on1. The molecule has 0 saturated heterocycles. The van der Waals surface area contributed by atoms with Crippen LogP contribution in [-0.4, -0.2) is 17.1 Å². The smallest absolute Gasteiger partial charge is 0.237 e. The zero-order valence-electron chi connectivity index (χ0n) is 11.5. The first-order chi connectivity index (χ1) is 9.65. The molecule has 0 saturated carbocycles. The lowest BCUT2D eigenvalue weighted by atomic mass is 10.1. The van der Waals surface area contributed by atoms with E-state index in [0.717, 1.165) is 12.1 Å². The molecule has 0 fully saturated rings. The van der Waals surface area contributed by atoms with E-state index < -0.39 is 6.04 Å². The van der Waals surface area contributed by atoms with E-state index in [4.69, 9.17) is 10.3 Å². The normalized spacial score (nSPS) is 12.1. The second-order valence-electron chi connectivity index (χ2n) is 4.78. The minimum atomic E-state index is -0.515. The third-order valence-corrected chi connectivity index (χ3v) is 3.04. The van der Waals surface area contributed by atoms with Gasteiger partial charge in [-0.1, -0.05) is 35.5 Å². The molecule has 1 unspecified atom stereocenters. The molecule has 0 bridgehead atoms. The molecule has 1 heterocycles. The van der Waals surface area contributed by atoms with Crippen LogP contribution in [0.25, 0.3) is 0 Å². The molecule has 1 aromatic heterocycles. The highest BCUT2D eigenvalue weighted by atomic mass is 16.5. The highest BCUT2D eigenvalue weighted by Crippen LogP contribution is 2.05. The average molecular weight is 273 g/mol. The van der Waals surface area contributed by atoms with E-state index in [0.29, 0.717) is 18.7 Å². The van der Waals surface area contributed by atoms with Crippen LogP contribution in [0.4, 0.5) is 0 Å². The van der Waals surface area contributed by atoms with Gasteiger partial charge in [-0.15, -0.1) is 0 Å². The summed E-state index contributed by atoms with van der Waals surface area (Å²) in [6.45, 7) is 2.15. The van der Waals surface area contributed by atoms with Gasteiger partial charge in [0.1, 0.15) is 0 Å². The number of amides is 1. The van der Waals surface area contributed by atoms with Crippen LogP contribution in [-0.2, 0) is 17.8 Å². The molecule has 1 aromatic carbocycles. The first kappa shape index (κ1) is 14.3. The molecule has 0 aliphatic heterocycles. The molecule has 1 amide bonds. The number of carbonyl (C=O) groups is 1. The molecule has 20 heavy (non-hydrogen) atoms. The van der Waals surface area contributed by atoms with Gasteiger partial charge in [0.2, 0.25) is 5.91 Å². The van der Waals surface area contributed by atoms with Crippen LogP contribution in [0.3, 0.4) is 0 Å². The van der Waals surface area contributed by atoms with Gasteiger partial charge in [0.15, 0.2) is 5.76 Å². The van der Waals surface area contributed by atoms with Gasteiger partial charge in [0, 0.05) is 6.07 Å². The summed E-state index contributed by atoms with van der Waals surface area (Å²) in [6.07, 6.45) is 1.40. The number of benzene rings is 1. The molecule has 2 rings (SSSR count). The standard InChI is InChI=1S/C15H19N3O2/c1-11-9-13(20-18-11)10-17-15(19)14(16)8-7-12-5-3-2-4-6-12/h2-6,9,14H,7-8,10,16H2,1H3,(H,17,19). The van der Waals surface area contributed by atoms with E-state index in [9.17, 15) is 4.79 Å². The van der Waals surface area contributed by atoms with Crippen molar-refractivity contribution < 1.29 is 9.32 Å². The van der Waals surface area contributed by atoms with Crippen molar-refractivity contribution in [3.63, 3.8) is 0 Å². The lowest BCUT2D eigenvalue weighted by molar-refractivity contribution is -0.122. The molecule has 5 heteroatoms. The molecule has 0 spiro atoms. The predicted molar refractivity (Wildman–Crippen MR) is 75.8 cm³/mol. The zero-order chi connectivity index (χ0) is 14.4. The lowest BCUT2D eigenvalue weighted by Gasteiger charge is -2.11. The van der Waals surface area contributed by atoms with E-state index >= 15 is 0 Å². The second kappa shape index (κ2) is 6.86. The van der Waals surface area contributed by atoms with Crippen LogP contribution < -0.4 is 11.1 Å². The number of aryl methyl sites for hydroxylation is 2. The van der Waals surface area contributed by atoms with Crippen molar-refractivity contribution in [2.24, 2.45) is 5.73 Å². The van der Waals surface area contributed by atoms with Gasteiger partial charge in [0.05, 0.1) is 18.3 Å². The van der Waals surface area contributed by atoms with Gasteiger partial charge >= 0.3 is 0 Å². The average Bonchev–Trinajstić information content (AvgIpc) is 2.89. The van der Waals surface area contributed by atoms with Crippen LogP contribution in [0.1, 0.15) is 23.4 Å². The third kappa shape index (κ3) is 4.20. The summed E-state index contributed by atoms with van der Waals surface area (Å²) < 4.78 is 5.02. The van der Waals surface area contributed by atoms with Gasteiger partial charge in [-0.3, -0.25) is 4.79 Å². The molecule has 0 radical (unpaired) electrons. The van der Waals surface area contributed by atoms with E-state index in [1.165, 1.54) is 5.56 Å². The van der Waals surface area contributed by atoms with Gasteiger partial charge in [-0.05, 0) is 25.3 Å². The molecular weight excluding hydrogens is 254 g/mol. The molecule has 2 aromatic rings. The Morgan fingerprint density at radius 1 is 1.40 bits per heavy atom. The first-order valence-corrected chi connectivity index (χ1v) is 6.64. The molecular formula is C15H19N3O2. The number of nitrogens with two attached hydrogens (primary N) is 1. The molecule has 0 aliphatic rings. The molecule has 3 N–H and O–H groups in total. The van der Waals surface area contributed by atoms with Crippen molar-refractivity contribution in [3.8, 4) is 0 Å². The number of nitrogens with one attached hydrogen (secondary N) is 1. The fourth-order valence-electron chi connectivity index (χ4n) is 1.90. The Morgan fingerprint density at radius 2 is 2.15 bits per heavy atom. The fraction of sp³-hybridized carbons (Fsp3) is 0.333. The first-order valence-electron chi connectivity index (χ1n) is 6.64. The van der Waals surface area contributed by atoms with Crippen LogP contribution in [0.15, 0.2) is 40.9 Å². The Morgan fingerprint density at radius 3 is 2.80 bits per heavy atom. The van der Waals surface area contributed by atoms with Crippen LogP contribution in [0.5, 0.6) is 0 Å². The topological polar surface area (TPSA) is 81.2 Å². The monoisotopic (exact) mass is 273 g/mol. The zero-order valence-corrected chi connectivity index (χ0v) is 11.5. The summed E-state index contributed by atoms with van der Waals surface area (Å²) in [4.78, 5) is 11.8. The van der Waals surface area contributed by atoms with Gasteiger partial charge in [-0.2, -0.15) is 0 Å². The lowest BCUT2D eigenvalue weighted by Crippen LogP contribution is -2.40. The summed E-state index contributed by atoms with van der Waals surface area (Å²) in [6, 6.07) is 11.3. The van der Waals surface area contributed by atoms with Gasteiger partial charge in [0.25, 0.3) is 0 Å². The van der Waals surface area contributed by atoms with Crippen molar-refractivity contribution in [1.29, 1.82) is 0 Å². The van der Waals surface area contributed by atoms with Crippen molar-refractivity contribution in [2.45, 2.75) is 32.4 Å². The quantitative estimate of drug-likeness (QED) is 0.837. The Bertz CT molecular complexity index is 551. The number of hydrogen-bond acceptors (Lipinski definition) is 4. The van der Waals surface area contributed by atoms with E-state index in [1.807, 2.05) is 37.3 Å². The fourth-order valence-corrected chi connectivity index (χ4v) is 1.90. The van der Waals surface area contributed by atoms with E-state index in [2.05, 4.69) is 10.5 Å². The highest BCUT2D eigenvalue weighted by Gasteiger charge is 2.13. The van der Waals surface area contributed by atoms with Crippen LogP contribution in [0, 0.1) is 6.92 Å². The summed E-state index contributed by atoms with van der Waals surface area (Å²) in [7, 11) is 0. The Hall–Kier alpha value is -2.14. The number of aromatic nitrogens is 1. The van der Waals surface area contributed by atoms with Crippen molar-refractivity contribution in [2.75, 3.05) is 0 Å². The molecule has 5 nitrogen and oxygen atoms in total. The van der Waals surface area contributed by atoms with Crippen molar-refractivity contribution >= 4 is 5.91 Å². The minimum absolute atomic E-state index is 0.171. The van der Waals surface area contributed by atoms with Crippen molar-refractivity contribution in [3.05, 3.63) is 53.4 Å². The van der Waals surface area contributed by atoms with Gasteiger partial charge in [-0.25, -0.2) is 0 Å². The second-order valence-corrected chi connectivity index (χ2v) is 4.78. The maximum atomic E-state index is 11.8. The van der Waals surface area contributed by atoms with E-state index in [-0.39, 0.29) is 5.91 Å². The highest BCUT2D eigenvalue weighted by molar-refractivity contribution is 5.81. The molecule has 0 aliphatic carbocycles. The van der Waals surface area contributed by atoms with E-state index in [1.54, 1.807) is 6.07 Å². The van der Waals surface area contributed by atoms with Crippen LogP contribution >= 0.6 is 0 Å². The van der Waals surface area contributed by atoms with Crippen molar-refractivity contribution in [1.82, 2.24) is 10.5 Å². The summed E-state index contributed by atoms with van der Waals surface area (Å²) in [5, 5.41) is 6.51. The summed E-state index contributed by atoms with van der Waals surface area (Å²) >= 11 is 0. The maximum absolute atomic E-state index is 11.8. The molecule has 106 valence electrons. The summed E-state index contributed by atoms with van der Waals surface area (Å²) in [5.74, 6) is 0.459. The number of hydrogen-bond donors (Lipinski definition) is 2.